The maximum absolute atomic E-state index is 12.1. The molecule has 0 amide bonds. The summed E-state index contributed by atoms with van der Waals surface area (Å²) in [5.41, 5.74) is 7.29. The van der Waals surface area contributed by atoms with Crippen molar-refractivity contribution in [2.45, 2.75) is 11.8 Å². The van der Waals surface area contributed by atoms with E-state index in [0.717, 1.165) is 23.9 Å². The normalized spacial score (nSPS) is 11.1. The second-order valence-electron chi connectivity index (χ2n) is 4.29. The molecule has 0 spiro atoms. The van der Waals surface area contributed by atoms with Gasteiger partial charge in [-0.05, 0) is 46.7 Å². The fraction of sp³-hybridized carbons (Fsp3) is 0.0833. The molecule has 0 aliphatic carbocycles. The topological polar surface area (TPSA) is 128 Å². The van der Waals surface area contributed by atoms with Gasteiger partial charge in [0.05, 0.1) is 0 Å². The minimum atomic E-state index is -3.86. The Kier molecular flexibility index (Phi) is 3.76. The lowest BCUT2D eigenvalue weighted by Crippen LogP contribution is -2.13. The standard InChI is InChI=1S/C12H12N4O4S/c1-8-6-9(2-4-11(8)13)15-21(19,20)10-3-5-12(14-7-10)16(17)18/h2-7,15H,13H2,1H3. The van der Waals surface area contributed by atoms with E-state index in [1.54, 1.807) is 19.1 Å². The molecular formula is C12H12N4O4S. The molecule has 0 saturated carbocycles. The first kappa shape index (κ1) is 14.7. The number of nitro groups is 1. The summed E-state index contributed by atoms with van der Waals surface area (Å²) in [6, 6.07) is 6.85. The maximum Gasteiger partial charge on any atom is 0.363 e. The van der Waals surface area contributed by atoms with E-state index in [9.17, 15) is 18.5 Å². The van der Waals surface area contributed by atoms with Crippen molar-refractivity contribution < 1.29 is 13.3 Å². The van der Waals surface area contributed by atoms with Crippen LogP contribution in [0.5, 0.6) is 0 Å². The zero-order valence-corrected chi connectivity index (χ0v) is 11.8. The van der Waals surface area contributed by atoms with Crippen LogP contribution in [0.3, 0.4) is 0 Å². The number of nitrogens with two attached hydrogens (primary N) is 1. The molecule has 21 heavy (non-hydrogen) atoms. The van der Waals surface area contributed by atoms with E-state index in [0.29, 0.717) is 11.4 Å². The van der Waals surface area contributed by atoms with Gasteiger partial charge in [0.15, 0.2) is 6.20 Å². The predicted molar refractivity (Wildman–Crippen MR) is 77.3 cm³/mol. The van der Waals surface area contributed by atoms with Crippen LogP contribution in [0.4, 0.5) is 17.2 Å². The van der Waals surface area contributed by atoms with E-state index in [-0.39, 0.29) is 4.90 Å². The Hall–Kier alpha value is -2.68. The summed E-state index contributed by atoms with van der Waals surface area (Å²) in [7, 11) is -3.86. The smallest absolute Gasteiger partial charge is 0.363 e. The largest absolute Gasteiger partial charge is 0.399 e. The van der Waals surface area contributed by atoms with Crippen molar-refractivity contribution >= 4 is 27.2 Å². The van der Waals surface area contributed by atoms with E-state index < -0.39 is 20.8 Å². The van der Waals surface area contributed by atoms with Crippen LogP contribution in [-0.2, 0) is 10.0 Å². The van der Waals surface area contributed by atoms with Crippen molar-refractivity contribution in [2.24, 2.45) is 0 Å². The van der Waals surface area contributed by atoms with Gasteiger partial charge >= 0.3 is 5.82 Å². The summed E-state index contributed by atoms with van der Waals surface area (Å²) in [5.74, 6) is -0.419. The summed E-state index contributed by atoms with van der Waals surface area (Å²) in [6.07, 6.45) is 0.935. The first-order valence-electron chi connectivity index (χ1n) is 5.79. The van der Waals surface area contributed by atoms with Crippen LogP contribution in [0, 0.1) is 17.0 Å². The first-order chi connectivity index (χ1) is 9.79. The average molecular weight is 308 g/mol. The summed E-state index contributed by atoms with van der Waals surface area (Å²) < 4.78 is 26.6. The number of pyridine rings is 1. The Morgan fingerprint density at radius 1 is 1.29 bits per heavy atom. The monoisotopic (exact) mass is 308 g/mol. The number of hydrogen-bond donors (Lipinski definition) is 2. The molecule has 2 aromatic rings. The highest BCUT2D eigenvalue weighted by Crippen LogP contribution is 2.20. The minimum absolute atomic E-state index is 0.164. The van der Waals surface area contributed by atoms with Crippen LogP contribution in [0.1, 0.15) is 5.56 Å². The average Bonchev–Trinajstić information content (AvgIpc) is 2.43. The number of benzene rings is 1. The molecule has 0 fully saturated rings. The Morgan fingerprint density at radius 2 is 2.00 bits per heavy atom. The number of aryl methyl sites for hydroxylation is 1. The molecule has 0 aliphatic rings. The van der Waals surface area contributed by atoms with Crippen molar-refractivity contribution in [1.82, 2.24) is 4.98 Å². The van der Waals surface area contributed by atoms with Gasteiger partial charge in [-0.25, -0.2) is 8.42 Å². The molecule has 9 heteroatoms. The number of rotatable bonds is 4. The molecule has 0 saturated heterocycles. The Balaban J connectivity index is 2.29. The van der Waals surface area contributed by atoms with Crippen molar-refractivity contribution in [1.29, 1.82) is 0 Å². The lowest BCUT2D eigenvalue weighted by Gasteiger charge is -2.08. The molecule has 2 rings (SSSR count). The Labute approximate surface area is 120 Å². The zero-order chi connectivity index (χ0) is 15.6. The molecule has 1 heterocycles. The summed E-state index contributed by atoms with van der Waals surface area (Å²) in [4.78, 5) is 13.1. The molecule has 8 nitrogen and oxygen atoms in total. The fourth-order valence-electron chi connectivity index (χ4n) is 1.59. The van der Waals surface area contributed by atoms with E-state index in [1.807, 2.05) is 0 Å². The van der Waals surface area contributed by atoms with E-state index in [4.69, 9.17) is 5.73 Å². The van der Waals surface area contributed by atoms with Crippen LogP contribution in [0.15, 0.2) is 41.4 Å². The van der Waals surface area contributed by atoms with Crippen LogP contribution < -0.4 is 10.5 Å². The van der Waals surface area contributed by atoms with Crippen molar-refractivity contribution in [3.63, 3.8) is 0 Å². The van der Waals surface area contributed by atoms with Crippen LogP contribution in [0.25, 0.3) is 0 Å². The van der Waals surface area contributed by atoms with Gasteiger partial charge in [0.2, 0.25) is 0 Å². The molecule has 3 N–H and O–H groups in total. The third kappa shape index (κ3) is 3.26. The van der Waals surface area contributed by atoms with Gasteiger partial charge < -0.3 is 15.8 Å². The van der Waals surface area contributed by atoms with Crippen molar-refractivity contribution in [3.05, 3.63) is 52.2 Å². The summed E-state index contributed by atoms with van der Waals surface area (Å²) >= 11 is 0. The molecule has 0 unspecified atom stereocenters. The van der Waals surface area contributed by atoms with Crippen molar-refractivity contribution in [3.8, 4) is 0 Å². The lowest BCUT2D eigenvalue weighted by atomic mass is 10.2. The Morgan fingerprint density at radius 3 is 2.52 bits per heavy atom. The van der Waals surface area contributed by atoms with Gasteiger partial charge in [0.1, 0.15) is 4.90 Å². The van der Waals surface area contributed by atoms with E-state index in [1.165, 1.54) is 6.07 Å². The second-order valence-corrected chi connectivity index (χ2v) is 5.97. The second kappa shape index (κ2) is 5.37. The van der Waals surface area contributed by atoms with Gasteiger partial charge in [-0.15, -0.1) is 0 Å². The third-order valence-corrected chi connectivity index (χ3v) is 4.11. The van der Waals surface area contributed by atoms with Gasteiger partial charge in [0, 0.05) is 17.4 Å². The van der Waals surface area contributed by atoms with Crippen molar-refractivity contribution in [2.75, 3.05) is 10.5 Å². The van der Waals surface area contributed by atoms with Crippen LogP contribution in [-0.4, -0.2) is 18.3 Å². The number of hydrogen-bond acceptors (Lipinski definition) is 6. The number of nitrogen functional groups attached to an aromatic ring is 1. The number of sulfonamides is 1. The highest BCUT2D eigenvalue weighted by Gasteiger charge is 2.18. The number of aromatic nitrogens is 1. The molecule has 110 valence electrons. The summed E-state index contributed by atoms with van der Waals surface area (Å²) in [5, 5.41) is 10.5. The van der Waals surface area contributed by atoms with E-state index >= 15 is 0 Å². The van der Waals surface area contributed by atoms with Gasteiger partial charge in [0.25, 0.3) is 10.0 Å². The molecular weight excluding hydrogens is 296 g/mol. The molecule has 1 aromatic heterocycles. The minimum Gasteiger partial charge on any atom is -0.399 e. The molecule has 0 radical (unpaired) electrons. The fourth-order valence-corrected chi connectivity index (χ4v) is 2.59. The summed E-state index contributed by atoms with van der Waals surface area (Å²) in [6.45, 7) is 1.75. The Bertz CT molecular complexity index is 787. The van der Waals surface area contributed by atoms with Crippen LogP contribution in [0.2, 0.25) is 0 Å². The van der Waals surface area contributed by atoms with Gasteiger partial charge in [-0.2, -0.15) is 0 Å². The highest BCUT2D eigenvalue weighted by atomic mass is 32.2. The van der Waals surface area contributed by atoms with Gasteiger partial charge in [-0.3, -0.25) is 4.72 Å². The predicted octanol–water partition coefficient (Wildman–Crippen LogP) is 1.68. The quantitative estimate of drug-likeness (QED) is 0.502. The van der Waals surface area contributed by atoms with Crippen LogP contribution >= 0.6 is 0 Å². The molecule has 0 atom stereocenters. The number of nitrogens with zero attached hydrogens (tertiary/aromatic N) is 2. The molecule has 1 aromatic carbocycles. The first-order valence-corrected chi connectivity index (χ1v) is 7.27. The highest BCUT2D eigenvalue weighted by molar-refractivity contribution is 7.92. The number of anilines is 2. The SMILES string of the molecule is Cc1cc(NS(=O)(=O)c2ccc([N+](=O)[O-])nc2)ccc1N. The lowest BCUT2D eigenvalue weighted by molar-refractivity contribution is -0.389. The van der Waals surface area contributed by atoms with E-state index in [2.05, 4.69) is 9.71 Å². The maximum atomic E-state index is 12.1. The zero-order valence-electron chi connectivity index (χ0n) is 11.0. The third-order valence-electron chi connectivity index (χ3n) is 2.74. The molecule has 0 bridgehead atoms. The number of nitrogens with one attached hydrogen (secondary N) is 1. The van der Waals surface area contributed by atoms with Gasteiger partial charge in [-0.1, -0.05) is 0 Å². The molecule has 0 aliphatic heterocycles.